The SMILES string of the molecule is COc1ccc(-c2cnn(-c3ccc(Cc4ccc(Cl)cc4Cl)nn3)c2N)cc1. The molecule has 8 heteroatoms. The van der Waals surface area contributed by atoms with Gasteiger partial charge in [0, 0.05) is 22.0 Å². The largest absolute Gasteiger partial charge is 0.497 e. The molecule has 2 aromatic heterocycles. The highest BCUT2D eigenvalue weighted by atomic mass is 35.5. The number of ether oxygens (including phenoxy) is 1. The molecule has 0 fully saturated rings. The van der Waals surface area contributed by atoms with E-state index in [9.17, 15) is 0 Å². The molecule has 0 saturated heterocycles. The summed E-state index contributed by atoms with van der Waals surface area (Å²) >= 11 is 12.2. The van der Waals surface area contributed by atoms with Crippen LogP contribution in [0.1, 0.15) is 11.3 Å². The molecular formula is C21H17Cl2N5O. The lowest BCUT2D eigenvalue weighted by atomic mass is 10.1. The summed E-state index contributed by atoms with van der Waals surface area (Å²) in [6.45, 7) is 0. The summed E-state index contributed by atoms with van der Waals surface area (Å²) in [4.78, 5) is 0. The maximum absolute atomic E-state index is 6.31. The molecule has 0 bridgehead atoms. The Morgan fingerprint density at radius 3 is 2.45 bits per heavy atom. The highest BCUT2D eigenvalue weighted by Crippen LogP contribution is 2.29. The molecule has 0 aliphatic heterocycles. The van der Waals surface area contributed by atoms with Gasteiger partial charge in [0.05, 0.1) is 19.0 Å². The lowest BCUT2D eigenvalue weighted by Gasteiger charge is -2.07. The van der Waals surface area contributed by atoms with Crippen LogP contribution in [0.5, 0.6) is 5.75 Å². The molecule has 29 heavy (non-hydrogen) atoms. The van der Waals surface area contributed by atoms with Crippen LogP contribution in [0.25, 0.3) is 16.9 Å². The van der Waals surface area contributed by atoms with E-state index in [-0.39, 0.29) is 0 Å². The lowest BCUT2D eigenvalue weighted by molar-refractivity contribution is 0.415. The number of hydrogen-bond donors (Lipinski definition) is 1. The van der Waals surface area contributed by atoms with Gasteiger partial charge in [0.15, 0.2) is 5.82 Å². The van der Waals surface area contributed by atoms with E-state index in [0.29, 0.717) is 28.1 Å². The van der Waals surface area contributed by atoms with Gasteiger partial charge in [0.1, 0.15) is 11.6 Å². The predicted molar refractivity (Wildman–Crippen MR) is 115 cm³/mol. The minimum absolute atomic E-state index is 0.484. The highest BCUT2D eigenvalue weighted by molar-refractivity contribution is 6.35. The molecule has 0 aliphatic carbocycles. The lowest BCUT2D eigenvalue weighted by Crippen LogP contribution is -2.06. The molecule has 0 saturated carbocycles. The normalized spacial score (nSPS) is 10.9. The van der Waals surface area contributed by atoms with E-state index in [0.717, 1.165) is 28.1 Å². The number of anilines is 1. The van der Waals surface area contributed by atoms with Gasteiger partial charge in [-0.1, -0.05) is 41.4 Å². The summed E-state index contributed by atoms with van der Waals surface area (Å²) in [5.41, 5.74) is 9.76. The van der Waals surface area contributed by atoms with Crippen molar-refractivity contribution in [3.63, 3.8) is 0 Å². The second-order valence-corrected chi connectivity index (χ2v) is 7.22. The fourth-order valence-electron chi connectivity index (χ4n) is 2.95. The number of hydrogen-bond acceptors (Lipinski definition) is 5. The van der Waals surface area contributed by atoms with Gasteiger partial charge in [-0.05, 0) is 47.5 Å². The van der Waals surface area contributed by atoms with Crippen LogP contribution in [-0.4, -0.2) is 27.1 Å². The minimum Gasteiger partial charge on any atom is -0.497 e. The zero-order valence-corrected chi connectivity index (χ0v) is 17.0. The monoisotopic (exact) mass is 425 g/mol. The van der Waals surface area contributed by atoms with E-state index in [1.54, 1.807) is 30.1 Å². The number of methoxy groups -OCH3 is 1. The standard InChI is InChI=1S/C21H17Cl2N5O/c1-29-17-7-3-13(4-8-17)18-12-25-28(21(18)24)20-9-6-16(26-27-20)10-14-2-5-15(22)11-19(14)23/h2-9,11-12H,10,24H2,1H3. The molecule has 0 radical (unpaired) electrons. The fourth-order valence-corrected chi connectivity index (χ4v) is 3.43. The summed E-state index contributed by atoms with van der Waals surface area (Å²) in [7, 11) is 1.63. The second kappa shape index (κ2) is 8.11. The summed E-state index contributed by atoms with van der Waals surface area (Å²) in [6.07, 6.45) is 2.26. The van der Waals surface area contributed by atoms with Gasteiger partial charge < -0.3 is 10.5 Å². The van der Waals surface area contributed by atoms with Crippen LogP contribution < -0.4 is 10.5 Å². The third-order valence-corrected chi connectivity index (χ3v) is 5.10. The van der Waals surface area contributed by atoms with E-state index in [4.69, 9.17) is 33.7 Å². The zero-order chi connectivity index (χ0) is 20.4. The molecule has 146 valence electrons. The maximum atomic E-state index is 6.31. The van der Waals surface area contributed by atoms with E-state index in [1.165, 1.54) is 0 Å². The van der Waals surface area contributed by atoms with Crippen molar-refractivity contribution < 1.29 is 4.74 Å². The van der Waals surface area contributed by atoms with E-state index in [2.05, 4.69) is 15.3 Å². The molecule has 2 aromatic carbocycles. The fraction of sp³-hybridized carbons (Fsp3) is 0.0952. The number of nitrogens with two attached hydrogens (primary N) is 1. The topological polar surface area (TPSA) is 78.8 Å². The van der Waals surface area contributed by atoms with Crippen molar-refractivity contribution in [3.05, 3.63) is 82.1 Å². The molecule has 2 heterocycles. The Labute approximate surface area is 177 Å². The van der Waals surface area contributed by atoms with Gasteiger partial charge >= 0.3 is 0 Å². The predicted octanol–water partition coefficient (Wildman–Crippen LogP) is 4.82. The minimum atomic E-state index is 0.484. The van der Waals surface area contributed by atoms with E-state index < -0.39 is 0 Å². The van der Waals surface area contributed by atoms with Crippen LogP contribution in [-0.2, 0) is 6.42 Å². The Kier molecular flexibility index (Phi) is 5.38. The van der Waals surface area contributed by atoms with Crippen LogP contribution in [0, 0.1) is 0 Å². The van der Waals surface area contributed by atoms with Gasteiger partial charge in [0.25, 0.3) is 0 Å². The summed E-state index contributed by atoms with van der Waals surface area (Å²) in [5.74, 6) is 1.80. The third-order valence-electron chi connectivity index (χ3n) is 4.52. The molecule has 6 nitrogen and oxygen atoms in total. The van der Waals surface area contributed by atoms with Gasteiger partial charge in [-0.2, -0.15) is 14.9 Å². The molecule has 2 N–H and O–H groups in total. The first kappa shape index (κ1) is 19.2. The number of halogens is 2. The number of benzene rings is 2. The molecule has 0 amide bonds. The van der Waals surface area contributed by atoms with Crippen molar-refractivity contribution in [2.24, 2.45) is 0 Å². The average Bonchev–Trinajstić information content (AvgIpc) is 3.12. The van der Waals surface area contributed by atoms with Gasteiger partial charge in [-0.3, -0.25) is 0 Å². The van der Waals surface area contributed by atoms with Crippen molar-refractivity contribution in [1.29, 1.82) is 0 Å². The van der Waals surface area contributed by atoms with Crippen molar-refractivity contribution in [2.45, 2.75) is 6.42 Å². The van der Waals surface area contributed by atoms with Crippen molar-refractivity contribution in [2.75, 3.05) is 12.8 Å². The van der Waals surface area contributed by atoms with Crippen LogP contribution in [0.3, 0.4) is 0 Å². The first-order valence-electron chi connectivity index (χ1n) is 8.80. The quantitative estimate of drug-likeness (QED) is 0.495. The van der Waals surface area contributed by atoms with Gasteiger partial charge in [-0.15, -0.1) is 5.10 Å². The summed E-state index contributed by atoms with van der Waals surface area (Å²) < 4.78 is 6.75. The number of rotatable bonds is 5. The Bertz CT molecular complexity index is 1140. The average molecular weight is 426 g/mol. The number of nitrogens with zero attached hydrogens (tertiary/aromatic N) is 4. The third kappa shape index (κ3) is 4.04. The van der Waals surface area contributed by atoms with Crippen LogP contribution in [0.15, 0.2) is 60.8 Å². The molecular weight excluding hydrogens is 409 g/mol. The van der Waals surface area contributed by atoms with Crippen molar-refractivity contribution >= 4 is 29.0 Å². The maximum Gasteiger partial charge on any atom is 0.178 e. The molecule has 4 rings (SSSR count). The van der Waals surface area contributed by atoms with Crippen LogP contribution >= 0.6 is 23.2 Å². The molecule has 0 spiro atoms. The number of aromatic nitrogens is 4. The summed E-state index contributed by atoms with van der Waals surface area (Å²) in [5, 5.41) is 14.1. The molecule has 0 aliphatic rings. The van der Waals surface area contributed by atoms with Crippen molar-refractivity contribution in [1.82, 2.24) is 20.0 Å². The molecule has 0 atom stereocenters. The zero-order valence-electron chi connectivity index (χ0n) is 15.5. The van der Waals surface area contributed by atoms with E-state index in [1.807, 2.05) is 42.5 Å². The first-order chi connectivity index (χ1) is 14.0. The smallest absolute Gasteiger partial charge is 0.178 e. The molecule has 0 unspecified atom stereocenters. The first-order valence-corrected chi connectivity index (χ1v) is 9.55. The van der Waals surface area contributed by atoms with E-state index >= 15 is 0 Å². The molecule has 4 aromatic rings. The Balaban J connectivity index is 1.57. The van der Waals surface area contributed by atoms with Gasteiger partial charge in [0.2, 0.25) is 0 Å². The van der Waals surface area contributed by atoms with Crippen molar-refractivity contribution in [3.8, 4) is 22.7 Å². The summed E-state index contributed by atoms with van der Waals surface area (Å²) in [6, 6.07) is 16.7. The van der Waals surface area contributed by atoms with Crippen LogP contribution in [0.2, 0.25) is 10.0 Å². The Morgan fingerprint density at radius 2 is 1.79 bits per heavy atom. The Hall–Kier alpha value is -3.09. The van der Waals surface area contributed by atoms with Crippen LogP contribution in [0.4, 0.5) is 5.82 Å². The Morgan fingerprint density at radius 1 is 1.00 bits per heavy atom. The number of nitrogen functional groups attached to an aromatic ring is 1. The van der Waals surface area contributed by atoms with Gasteiger partial charge in [-0.25, -0.2) is 0 Å². The highest BCUT2D eigenvalue weighted by Gasteiger charge is 2.13. The second-order valence-electron chi connectivity index (χ2n) is 6.38.